The third-order valence-corrected chi connectivity index (χ3v) is 6.24. The summed E-state index contributed by atoms with van der Waals surface area (Å²) in [4.78, 5) is 28.3. The molecule has 5 nitrogen and oxygen atoms in total. The molecule has 2 aromatic rings. The van der Waals surface area contributed by atoms with Crippen LogP contribution < -0.4 is 5.32 Å². The van der Waals surface area contributed by atoms with Gasteiger partial charge in [-0.15, -0.1) is 11.3 Å². The molecule has 2 unspecified atom stereocenters. The molecule has 4 rings (SSSR count). The predicted molar refractivity (Wildman–Crippen MR) is 109 cm³/mol. The Balaban J connectivity index is 1.52. The average molecular weight is 415 g/mol. The number of hydrogen-bond donors (Lipinski definition) is 1. The van der Waals surface area contributed by atoms with Gasteiger partial charge in [0.25, 0.3) is 5.91 Å². The van der Waals surface area contributed by atoms with Gasteiger partial charge in [0.05, 0.1) is 12.6 Å². The summed E-state index contributed by atoms with van der Waals surface area (Å²) < 4.78 is 20.0. The van der Waals surface area contributed by atoms with Crippen molar-refractivity contribution >= 4 is 29.2 Å². The summed E-state index contributed by atoms with van der Waals surface area (Å²) in [6.45, 7) is 0.421. The number of rotatable bonds is 5. The second-order valence-corrected chi connectivity index (χ2v) is 8.36. The number of amides is 2. The number of nitrogens with zero attached hydrogens (tertiary/aromatic N) is 1. The summed E-state index contributed by atoms with van der Waals surface area (Å²) in [6, 6.07) is 10.0. The third kappa shape index (κ3) is 4.50. The number of benzene rings is 1. The molecule has 0 spiro atoms. The Morgan fingerprint density at radius 3 is 2.86 bits per heavy atom. The molecule has 29 heavy (non-hydrogen) atoms. The number of fused-ring (bicyclic) bond motifs is 1. The largest absolute Gasteiger partial charge is 0.482 e. The molecule has 1 N–H and O–H groups in total. The molecule has 1 saturated carbocycles. The highest BCUT2D eigenvalue weighted by molar-refractivity contribution is 7.09. The number of carbonyl (C=O) groups is 2. The van der Waals surface area contributed by atoms with E-state index in [1.807, 2.05) is 17.5 Å². The minimum absolute atomic E-state index is 0.0245. The topological polar surface area (TPSA) is 58.6 Å². The average Bonchev–Trinajstić information content (AvgIpc) is 3.25. The van der Waals surface area contributed by atoms with Crippen molar-refractivity contribution in [3.63, 3.8) is 0 Å². The lowest BCUT2D eigenvalue weighted by molar-refractivity contribution is -0.151. The highest BCUT2D eigenvalue weighted by atomic mass is 32.1. The number of carbonyl (C=O) groups excluding carboxylic acids is 2. The Morgan fingerprint density at radius 2 is 2.07 bits per heavy atom. The van der Waals surface area contributed by atoms with Gasteiger partial charge in [-0.1, -0.05) is 30.7 Å². The maximum absolute atomic E-state index is 14.1. The Kier molecular flexibility index (Phi) is 5.94. The lowest BCUT2D eigenvalue weighted by Gasteiger charge is -2.44. The molecule has 0 bridgehead atoms. The molecule has 0 radical (unpaired) electrons. The SMILES string of the molecule is O=C(CN1C(=O)/C(=C/c2ccccc2F)OC2CCCCC21)NCc1cccs1. The van der Waals surface area contributed by atoms with Crippen LogP contribution in [-0.2, 0) is 20.9 Å². The lowest BCUT2D eigenvalue weighted by Crippen LogP contribution is -2.57. The predicted octanol–water partition coefficient (Wildman–Crippen LogP) is 3.71. The molecule has 2 amide bonds. The quantitative estimate of drug-likeness (QED) is 0.759. The molecular weight excluding hydrogens is 391 g/mol. The number of morpholine rings is 1. The first-order valence-electron chi connectivity index (χ1n) is 9.85. The molecule has 1 aromatic carbocycles. The molecule has 1 aliphatic heterocycles. The van der Waals surface area contributed by atoms with Crippen molar-refractivity contribution in [1.82, 2.24) is 10.2 Å². The highest BCUT2D eigenvalue weighted by Gasteiger charge is 2.42. The van der Waals surface area contributed by atoms with Crippen LogP contribution in [0.3, 0.4) is 0 Å². The van der Waals surface area contributed by atoms with Gasteiger partial charge in [-0.2, -0.15) is 0 Å². The first-order valence-corrected chi connectivity index (χ1v) is 10.7. The van der Waals surface area contributed by atoms with Crippen LogP contribution in [0.1, 0.15) is 36.1 Å². The molecule has 1 aromatic heterocycles. The van der Waals surface area contributed by atoms with Crippen LogP contribution in [0.2, 0.25) is 0 Å². The van der Waals surface area contributed by atoms with Crippen molar-refractivity contribution < 1.29 is 18.7 Å². The molecule has 152 valence electrons. The lowest BCUT2D eigenvalue weighted by atomic mass is 9.89. The summed E-state index contributed by atoms with van der Waals surface area (Å²) in [7, 11) is 0. The summed E-state index contributed by atoms with van der Waals surface area (Å²) in [5.41, 5.74) is 0.298. The second kappa shape index (κ2) is 8.78. The van der Waals surface area contributed by atoms with E-state index in [0.717, 1.165) is 30.6 Å². The van der Waals surface area contributed by atoms with E-state index in [-0.39, 0.29) is 36.3 Å². The summed E-state index contributed by atoms with van der Waals surface area (Å²) in [5.74, 6) is -0.877. The van der Waals surface area contributed by atoms with Gasteiger partial charge >= 0.3 is 0 Å². The zero-order valence-corrected chi connectivity index (χ0v) is 16.8. The Bertz CT molecular complexity index is 913. The zero-order valence-electron chi connectivity index (χ0n) is 16.0. The minimum atomic E-state index is -0.414. The standard InChI is InChI=1S/C22H23FN2O3S/c23-17-8-2-1-6-15(17)12-20-22(27)25(18-9-3-4-10-19(18)28-20)14-21(26)24-13-16-7-5-11-29-16/h1-2,5-8,11-12,18-19H,3-4,9-10,13-14H2,(H,24,26)/b20-12-. The fourth-order valence-electron chi connectivity index (χ4n) is 3.90. The van der Waals surface area contributed by atoms with Crippen molar-refractivity contribution in [1.29, 1.82) is 0 Å². The van der Waals surface area contributed by atoms with Crippen molar-refractivity contribution in [2.45, 2.75) is 44.4 Å². The molecular formula is C22H23FN2O3S. The zero-order chi connectivity index (χ0) is 20.2. The van der Waals surface area contributed by atoms with E-state index in [2.05, 4.69) is 5.32 Å². The van der Waals surface area contributed by atoms with Crippen LogP contribution in [0.5, 0.6) is 0 Å². The van der Waals surface area contributed by atoms with Crippen LogP contribution in [0, 0.1) is 5.82 Å². The maximum Gasteiger partial charge on any atom is 0.289 e. The van der Waals surface area contributed by atoms with E-state index >= 15 is 0 Å². The van der Waals surface area contributed by atoms with Gasteiger partial charge in [-0.25, -0.2) is 4.39 Å². The van der Waals surface area contributed by atoms with Crippen molar-refractivity contribution in [2.24, 2.45) is 0 Å². The molecule has 1 saturated heterocycles. The van der Waals surface area contributed by atoms with Crippen LogP contribution >= 0.6 is 11.3 Å². The first kappa shape index (κ1) is 19.6. The van der Waals surface area contributed by atoms with Gasteiger partial charge in [0.15, 0.2) is 5.76 Å². The van der Waals surface area contributed by atoms with Gasteiger partial charge < -0.3 is 15.0 Å². The fourth-order valence-corrected chi connectivity index (χ4v) is 4.55. The van der Waals surface area contributed by atoms with Crippen LogP contribution in [0.4, 0.5) is 4.39 Å². The van der Waals surface area contributed by atoms with Crippen molar-refractivity contribution in [2.75, 3.05) is 6.54 Å². The molecule has 2 fully saturated rings. The van der Waals surface area contributed by atoms with E-state index in [1.165, 1.54) is 12.1 Å². The van der Waals surface area contributed by atoms with Gasteiger partial charge in [-0.3, -0.25) is 9.59 Å². The van der Waals surface area contributed by atoms with Gasteiger partial charge in [0, 0.05) is 10.4 Å². The first-order chi connectivity index (χ1) is 14.1. The van der Waals surface area contributed by atoms with E-state index in [4.69, 9.17) is 4.74 Å². The van der Waals surface area contributed by atoms with Crippen LogP contribution in [0.25, 0.3) is 6.08 Å². The smallest absolute Gasteiger partial charge is 0.289 e. The maximum atomic E-state index is 14.1. The van der Waals surface area contributed by atoms with E-state index in [0.29, 0.717) is 12.1 Å². The minimum Gasteiger partial charge on any atom is -0.482 e. The van der Waals surface area contributed by atoms with Gasteiger partial charge in [0.2, 0.25) is 5.91 Å². The highest BCUT2D eigenvalue weighted by Crippen LogP contribution is 2.33. The van der Waals surface area contributed by atoms with Crippen molar-refractivity contribution in [3.05, 3.63) is 63.8 Å². The van der Waals surface area contributed by atoms with Gasteiger partial charge in [-0.05, 0) is 42.9 Å². The van der Waals surface area contributed by atoms with E-state index < -0.39 is 5.82 Å². The Hall–Kier alpha value is -2.67. The second-order valence-electron chi connectivity index (χ2n) is 7.33. The number of thiophene rings is 1. The van der Waals surface area contributed by atoms with E-state index in [1.54, 1.807) is 34.4 Å². The normalized spacial score (nSPS) is 22.9. The van der Waals surface area contributed by atoms with Crippen LogP contribution in [-0.4, -0.2) is 35.4 Å². The Morgan fingerprint density at radius 1 is 1.24 bits per heavy atom. The summed E-state index contributed by atoms with van der Waals surface area (Å²) >= 11 is 1.57. The summed E-state index contributed by atoms with van der Waals surface area (Å²) in [6.07, 6.45) is 4.92. The molecule has 1 aliphatic carbocycles. The van der Waals surface area contributed by atoms with Crippen LogP contribution in [0.15, 0.2) is 47.5 Å². The molecule has 7 heteroatoms. The monoisotopic (exact) mass is 414 g/mol. The van der Waals surface area contributed by atoms with Gasteiger partial charge in [0.1, 0.15) is 18.5 Å². The molecule has 2 heterocycles. The Labute approximate surface area is 173 Å². The van der Waals surface area contributed by atoms with E-state index in [9.17, 15) is 14.0 Å². The number of halogens is 1. The molecule has 2 aliphatic rings. The van der Waals surface area contributed by atoms with Crippen molar-refractivity contribution in [3.8, 4) is 0 Å². The fraction of sp³-hybridized carbons (Fsp3) is 0.364. The number of ether oxygens (including phenoxy) is 1. The third-order valence-electron chi connectivity index (χ3n) is 5.36. The summed E-state index contributed by atoms with van der Waals surface area (Å²) in [5, 5.41) is 4.84. The number of hydrogen-bond acceptors (Lipinski definition) is 4. The number of nitrogens with one attached hydrogen (secondary N) is 1. The molecule has 2 atom stereocenters.